The highest BCUT2D eigenvalue weighted by Gasteiger charge is 2.43. The van der Waals surface area contributed by atoms with E-state index in [1.165, 1.54) is 24.3 Å². The lowest BCUT2D eigenvalue weighted by Gasteiger charge is -2.36. The van der Waals surface area contributed by atoms with Gasteiger partial charge in [0.1, 0.15) is 23.0 Å². The van der Waals surface area contributed by atoms with Crippen molar-refractivity contribution in [1.29, 1.82) is 0 Å². The molecule has 342 valence electrons. The van der Waals surface area contributed by atoms with E-state index in [0.717, 1.165) is 33.0 Å². The Labute approximate surface area is 372 Å². The topological polar surface area (TPSA) is 262 Å². The maximum absolute atomic E-state index is 14.8. The molecule has 9 N–H and O–H groups in total. The summed E-state index contributed by atoms with van der Waals surface area (Å²) in [5, 5.41) is 23.0. The molecular formula is C45H61N7O10S. The summed E-state index contributed by atoms with van der Waals surface area (Å²) in [6.45, 7) is 9.64. The SMILES string of the molecule is CC(C)(C)OC(=O)N[C@@H](CCCCN)C(=O)C1CN(C(C(N)=O)C(=O)[C@H](Cc2ccc(O)cc2)NC(=O)OC(C)(C)C)C(=O)CSCC(NCc2cccc3ccccc23)C(=O)N1. The van der Waals surface area contributed by atoms with Crippen molar-refractivity contribution in [2.45, 2.75) is 115 Å². The number of rotatable bonds is 17. The van der Waals surface area contributed by atoms with Gasteiger partial charge in [0.25, 0.3) is 0 Å². The van der Waals surface area contributed by atoms with Crippen LogP contribution in [0.1, 0.15) is 71.9 Å². The van der Waals surface area contributed by atoms with Gasteiger partial charge in [-0.15, -0.1) is 11.8 Å². The molecule has 5 atom stereocenters. The minimum Gasteiger partial charge on any atom is -0.508 e. The molecule has 17 nitrogen and oxygen atoms in total. The van der Waals surface area contributed by atoms with E-state index in [-0.39, 0.29) is 36.6 Å². The van der Waals surface area contributed by atoms with E-state index >= 15 is 0 Å². The number of benzene rings is 3. The third kappa shape index (κ3) is 15.5. The lowest BCUT2D eigenvalue weighted by atomic mass is 9.94. The number of thioether (sulfide) groups is 1. The highest BCUT2D eigenvalue weighted by molar-refractivity contribution is 8.00. The number of phenols is 1. The number of ketones is 2. The van der Waals surface area contributed by atoms with Gasteiger partial charge < -0.3 is 52.2 Å². The molecule has 1 aliphatic rings. The number of ether oxygens (including phenoxy) is 2. The van der Waals surface area contributed by atoms with Crippen molar-refractivity contribution >= 4 is 64.0 Å². The Hall–Kier alpha value is -5.72. The van der Waals surface area contributed by atoms with Gasteiger partial charge in [-0.1, -0.05) is 54.6 Å². The van der Waals surface area contributed by atoms with Crippen LogP contribution in [0.25, 0.3) is 10.8 Å². The number of hydrogen-bond donors (Lipinski definition) is 7. The molecule has 1 heterocycles. The van der Waals surface area contributed by atoms with Crippen molar-refractivity contribution in [3.63, 3.8) is 0 Å². The van der Waals surface area contributed by atoms with Gasteiger partial charge >= 0.3 is 12.2 Å². The van der Waals surface area contributed by atoms with Crippen LogP contribution in [-0.2, 0) is 46.4 Å². The van der Waals surface area contributed by atoms with E-state index in [1.54, 1.807) is 41.5 Å². The molecule has 3 unspecified atom stereocenters. The van der Waals surface area contributed by atoms with Crippen molar-refractivity contribution in [3.05, 3.63) is 77.9 Å². The molecule has 0 saturated carbocycles. The van der Waals surface area contributed by atoms with Gasteiger partial charge in [-0.2, -0.15) is 0 Å². The molecule has 1 aliphatic heterocycles. The number of carbonyl (C=O) groups excluding carboxylic acids is 7. The zero-order valence-electron chi connectivity index (χ0n) is 36.7. The van der Waals surface area contributed by atoms with Crippen LogP contribution in [-0.4, -0.2) is 117 Å². The van der Waals surface area contributed by atoms with Crippen molar-refractivity contribution in [1.82, 2.24) is 26.2 Å². The van der Waals surface area contributed by atoms with Gasteiger partial charge in [0.2, 0.25) is 17.7 Å². The van der Waals surface area contributed by atoms with Crippen LogP contribution in [0, 0.1) is 0 Å². The van der Waals surface area contributed by atoms with Gasteiger partial charge in [0.15, 0.2) is 17.6 Å². The van der Waals surface area contributed by atoms with Crippen LogP contribution in [0.2, 0.25) is 0 Å². The first-order chi connectivity index (χ1) is 29.6. The number of nitrogens with zero attached hydrogens (tertiary/aromatic N) is 1. The minimum absolute atomic E-state index is 0.0338. The largest absolute Gasteiger partial charge is 0.508 e. The summed E-state index contributed by atoms with van der Waals surface area (Å²) in [6.07, 6.45) is -1.18. The average Bonchev–Trinajstić information content (AvgIpc) is 3.19. The van der Waals surface area contributed by atoms with Gasteiger partial charge in [-0.3, -0.25) is 24.0 Å². The molecule has 0 radical (unpaired) electrons. The Morgan fingerprint density at radius 3 is 2.11 bits per heavy atom. The van der Waals surface area contributed by atoms with E-state index in [1.807, 2.05) is 42.5 Å². The van der Waals surface area contributed by atoms with Crippen LogP contribution in [0.15, 0.2) is 66.7 Å². The number of nitrogens with two attached hydrogens (primary N) is 2. The lowest BCUT2D eigenvalue weighted by molar-refractivity contribution is -0.146. The summed E-state index contributed by atoms with van der Waals surface area (Å²) < 4.78 is 10.9. The van der Waals surface area contributed by atoms with E-state index in [2.05, 4.69) is 21.3 Å². The second-order valence-electron chi connectivity index (χ2n) is 17.4. The fourth-order valence-corrected chi connectivity index (χ4v) is 7.89. The highest BCUT2D eigenvalue weighted by atomic mass is 32.2. The standard InChI is InChI=1S/C45H61N7O10S/c1-44(2,3)61-42(59)50-32(16-9-10-21-46)38(55)34-24-52(36(54)26-63-25-35(41(58)49-34)48-23-29-14-11-13-28-12-7-8-15-31(28)29)37(40(47)57)39(56)33(51-43(60)62-45(4,5)6)22-27-17-19-30(53)20-18-27/h7-8,11-15,17-20,32-35,37,48,53H,9-10,16,21-26,46H2,1-6H3,(H2,47,57)(H,49,58)(H,50,59)(H,51,60)/t32-,33-,34?,35?,37?/m0/s1. The van der Waals surface area contributed by atoms with Gasteiger partial charge in [0.05, 0.1) is 23.9 Å². The van der Waals surface area contributed by atoms with Crippen molar-refractivity contribution in [2.24, 2.45) is 11.5 Å². The first-order valence-electron chi connectivity index (χ1n) is 20.9. The fraction of sp³-hybridized carbons (Fsp3) is 0.489. The zero-order chi connectivity index (χ0) is 46.5. The van der Waals surface area contributed by atoms with Crippen LogP contribution in [0.5, 0.6) is 5.75 Å². The minimum atomic E-state index is -2.06. The Kier molecular flexibility index (Phi) is 17.9. The summed E-state index contributed by atoms with van der Waals surface area (Å²) in [7, 11) is 0. The summed E-state index contributed by atoms with van der Waals surface area (Å²) >= 11 is 1.07. The third-order valence-electron chi connectivity index (χ3n) is 9.85. The van der Waals surface area contributed by atoms with E-state index in [0.29, 0.717) is 24.9 Å². The highest BCUT2D eigenvalue weighted by Crippen LogP contribution is 2.21. The van der Waals surface area contributed by atoms with Gasteiger partial charge in [-0.25, -0.2) is 9.59 Å². The number of phenolic OH excluding ortho intramolecular Hbond substituents is 1. The predicted octanol–water partition coefficient (Wildman–Crippen LogP) is 3.21. The average molecular weight is 892 g/mol. The van der Waals surface area contributed by atoms with Gasteiger partial charge in [-0.05, 0) is 108 Å². The number of aromatic hydroxyl groups is 1. The second-order valence-corrected chi connectivity index (χ2v) is 18.4. The van der Waals surface area contributed by atoms with Crippen molar-refractivity contribution < 1.29 is 48.1 Å². The zero-order valence-corrected chi connectivity index (χ0v) is 37.5. The van der Waals surface area contributed by atoms with Crippen LogP contribution >= 0.6 is 11.8 Å². The maximum Gasteiger partial charge on any atom is 0.408 e. The fourth-order valence-electron chi connectivity index (χ4n) is 6.93. The first kappa shape index (κ1) is 49.9. The molecule has 18 heteroatoms. The molecule has 0 aromatic heterocycles. The maximum atomic E-state index is 14.8. The molecule has 0 spiro atoms. The Morgan fingerprint density at radius 1 is 0.873 bits per heavy atom. The Bertz CT molecular complexity index is 2100. The van der Waals surface area contributed by atoms with Crippen LogP contribution in [0.4, 0.5) is 9.59 Å². The monoisotopic (exact) mass is 891 g/mol. The second kappa shape index (κ2) is 22.6. The third-order valence-corrected chi connectivity index (χ3v) is 10.9. The lowest BCUT2D eigenvalue weighted by Crippen LogP contribution is -2.64. The van der Waals surface area contributed by atoms with E-state index < -0.39 is 89.4 Å². The molecule has 3 aromatic carbocycles. The van der Waals surface area contributed by atoms with Crippen molar-refractivity contribution in [2.75, 3.05) is 24.6 Å². The number of fused-ring (bicyclic) bond motifs is 1. The number of nitrogens with one attached hydrogen (secondary N) is 4. The molecule has 0 bridgehead atoms. The van der Waals surface area contributed by atoms with E-state index in [9.17, 15) is 38.7 Å². The predicted molar refractivity (Wildman–Crippen MR) is 240 cm³/mol. The number of alkyl carbamates (subject to hydrolysis) is 2. The molecule has 1 fully saturated rings. The molecule has 4 rings (SSSR count). The number of hydrogen-bond acceptors (Lipinski definition) is 13. The number of carbonyl (C=O) groups is 7. The van der Waals surface area contributed by atoms with Gasteiger partial charge in [0, 0.05) is 18.8 Å². The molecule has 0 aliphatic carbocycles. The molecular weight excluding hydrogens is 831 g/mol. The van der Waals surface area contributed by atoms with E-state index in [4.69, 9.17) is 20.9 Å². The normalized spacial score (nSPS) is 17.7. The molecule has 5 amide bonds. The number of Topliss-reactive ketones (excluding diaryl/α,β-unsaturated/α-hetero) is 2. The quantitative estimate of drug-likeness (QED) is 0.0760. The summed E-state index contributed by atoms with van der Waals surface area (Å²) in [5.41, 5.74) is 11.2. The van der Waals surface area contributed by atoms with Crippen LogP contribution in [0.3, 0.4) is 0 Å². The summed E-state index contributed by atoms with van der Waals surface area (Å²) in [4.78, 5) is 98.7. The summed E-state index contributed by atoms with van der Waals surface area (Å²) in [5.74, 6) is -4.76. The Morgan fingerprint density at radius 2 is 1.49 bits per heavy atom. The first-order valence-corrected chi connectivity index (χ1v) is 22.0. The Balaban J connectivity index is 1.75. The summed E-state index contributed by atoms with van der Waals surface area (Å²) in [6, 6.07) is 12.0. The number of unbranched alkanes of at least 4 members (excludes halogenated alkanes) is 1. The number of amides is 5. The molecule has 1 saturated heterocycles. The van der Waals surface area contributed by atoms with Crippen molar-refractivity contribution in [3.8, 4) is 5.75 Å². The molecule has 3 aromatic rings. The smallest absolute Gasteiger partial charge is 0.408 e. The number of primary amides is 1. The van der Waals surface area contributed by atoms with Crippen LogP contribution < -0.4 is 32.7 Å². The molecule has 63 heavy (non-hydrogen) atoms.